The summed E-state index contributed by atoms with van der Waals surface area (Å²) in [6, 6.07) is 0. The molecule has 1 saturated carbocycles. The molecule has 0 nitrogen and oxygen atoms in total. The number of hydrogen-bond donors (Lipinski definition) is 0. The largest absolute Gasteiger partial charge is 0.0628 e. The standard InChI is InChI=1S/C14H28/c1-11(2)7-14(6)9-12(3)8-13(4,5)10-14/h11-12H,7-10H2,1-6H3. The van der Waals surface area contributed by atoms with E-state index in [0.29, 0.717) is 10.8 Å². The molecule has 2 unspecified atom stereocenters. The van der Waals surface area contributed by atoms with Crippen molar-refractivity contribution in [1.29, 1.82) is 0 Å². The minimum atomic E-state index is 0.571. The fourth-order valence-electron chi connectivity index (χ4n) is 4.30. The fraction of sp³-hybridized carbons (Fsp3) is 1.00. The molecule has 1 aliphatic rings. The minimum Gasteiger partial charge on any atom is -0.0628 e. The van der Waals surface area contributed by atoms with Gasteiger partial charge in [0.15, 0.2) is 0 Å². The van der Waals surface area contributed by atoms with Gasteiger partial charge in [0.2, 0.25) is 0 Å². The maximum absolute atomic E-state index is 2.50. The van der Waals surface area contributed by atoms with Gasteiger partial charge >= 0.3 is 0 Å². The lowest BCUT2D eigenvalue weighted by Crippen LogP contribution is -2.35. The van der Waals surface area contributed by atoms with E-state index in [4.69, 9.17) is 0 Å². The molecule has 0 bridgehead atoms. The van der Waals surface area contributed by atoms with Gasteiger partial charge in [-0.15, -0.1) is 0 Å². The Morgan fingerprint density at radius 1 is 1.14 bits per heavy atom. The van der Waals surface area contributed by atoms with Crippen molar-refractivity contribution in [3.05, 3.63) is 0 Å². The first-order chi connectivity index (χ1) is 6.22. The van der Waals surface area contributed by atoms with Gasteiger partial charge < -0.3 is 0 Å². The van der Waals surface area contributed by atoms with Gasteiger partial charge in [-0.2, -0.15) is 0 Å². The molecule has 0 aromatic rings. The maximum atomic E-state index is 2.50. The number of hydrogen-bond acceptors (Lipinski definition) is 0. The van der Waals surface area contributed by atoms with Crippen LogP contribution < -0.4 is 0 Å². The Balaban J connectivity index is 2.68. The third-order valence-corrected chi connectivity index (χ3v) is 3.55. The van der Waals surface area contributed by atoms with Crippen molar-refractivity contribution >= 4 is 0 Å². The molecule has 0 spiro atoms. The SMILES string of the molecule is CC(C)CC1(C)CC(C)CC(C)(C)C1. The van der Waals surface area contributed by atoms with Crippen molar-refractivity contribution in [3.63, 3.8) is 0 Å². The second-order valence-corrected chi connectivity index (χ2v) is 7.26. The molecule has 0 heteroatoms. The average Bonchev–Trinajstić information content (AvgIpc) is 1.74. The van der Waals surface area contributed by atoms with Crippen LogP contribution in [0, 0.1) is 22.7 Å². The molecule has 0 N–H and O–H groups in total. The molecule has 0 radical (unpaired) electrons. The van der Waals surface area contributed by atoms with E-state index in [9.17, 15) is 0 Å². The first-order valence-electron chi connectivity index (χ1n) is 6.22. The van der Waals surface area contributed by atoms with E-state index in [1.165, 1.54) is 25.7 Å². The van der Waals surface area contributed by atoms with Crippen molar-refractivity contribution in [2.45, 2.75) is 67.2 Å². The Bertz CT molecular complexity index is 186. The molecule has 0 saturated heterocycles. The molecule has 14 heavy (non-hydrogen) atoms. The zero-order valence-corrected chi connectivity index (χ0v) is 11.0. The highest BCUT2D eigenvalue weighted by atomic mass is 14.4. The van der Waals surface area contributed by atoms with Gasteiger partial charge in [-0.25, -0.2) is 0 Å². The molecule has 0 aliphatic heterocycles. The second kappa shape index (κ2) is 3.87. The van der Waals surface area contributed by atoms with Crippen LogP contribution in [0.5, 0.6) is 0 Å². The van der Waals surface area contributed by atoms with E-state index >= 15 is 0 Å². The van der Waals surface area contributed by atoms with Crippen molar-refractivity contribution in [2.24, 2.45) is 22.7 Å². The van der Waals surface area contributed by atoms with Gasteiger partial charge in [0.05, 0.1) is 0 Å². The predicted molar refractivity (Wildman–Crippen MR) is 64.4 cm³/mol. The molecule has 2 atom stereocenters. The lowest BCUT2D eigenvalue weighted by Gasteiger charge is -2.46. The molecule has 84 valence electrons. The zero-order valence-electron chi connectivity index (χ0n) is 11.0. The van der Waals surface area contributed by atoms with Crippen LogP contribution in [0.4, 0.5) is 0 Å². The lowest BCUT2D eigenvalue weighted by atomic mass is 9.59. The lowest BCUT2D eigenvalue weighted by molar-refractivity contribution is 0.0449. The van der Waals surface area contributed by atoms with Gasteiger partial charge in [-0.05, 0) is 48.3 Å². The van der Waals surface area contributed by atoms with Crippen LogP contribution in [-0.2, 0) is 0 Å². The first kappa shape index (κ1) is 12.1. The van der Waals surface area contributed by atoms with Crippen LogP contribution in [0.3, 0.4) is 0 Å². The second-order valence-electron chi connectivity index (χ2n) is 7.26. The fourth-order valence-corrected chi connectivity index (χ4v) is 4.30. The molecule has 0 aromatic heterocycles. The summed E-state index contributed by atoms with van der Waals surface area (Å²) in [6.07, 6.45) is 5.68. The summed E-state index contributed by atoms with van der Waals surface area (Å²) >= 11 is 0. The first-order valence-corrected chi connectivity index (χ1v) is 6.22. The zero-order chi connectivity index (χ0) is 11.0. The number of rotatable bonds is 2. The van der Waals surface area contributed by atoms with Crippen molar-refractivity contribution in [3.8, 4) is 0 Å². The smallest absolute Gasteiger partial charge is 0.0316 e. The summed E-state index contributed by atoms with van der Waals surface area (Å²) < 4.78 is 0. The molecule has 1 fully saturated rings. The third kappa shape index (κ3) is 3.29. The summed E-state index contributed by atoms with van der Waals surface area (Å²) in [5.74, 6) is 1.77. The average molecular weight is 196 g/mol. The van der Waals surface area contributed by atoms with Gasteiger partial charge in [0.25, 0.3) is 0 Å². The van der Waals surface area contributed by atoms with Crippen LogP contribution in [0.25, 0.3) is 0 Å². The maximum Gasteiger partial charge on any atom is -0.0316 e. The van der Waals surface area contributed by atoms with Crippen LogP contribution in [0.1, 0.15) is 67.2 Å². The minimum absolute atomic E-state index is 0.571. The van der Waals surface area contributed by atoms with E-state index in [1.54, 1.807) is 0 Å². The van der Waals surface area contributed by atoms with Crippen LogP contribution in [0.2, 0.25) is 0 Å². The molecule has 0 amide bonds. The summed E-state index contributed by atoms with van der Waals surface area (Å²) in [5.41, 5.74) is 1.18. The third-order valence-electron chi connectivity index (χ3n) is 3.55. The predicted octanol–water partition coefficient (Wildman–Crippen LogP) is 4.89. The Kier molecular flexibility index (Phi) is 3.33. The van der Waals surface area contributed by atoms with Crippen molar-refractivity contribution in [2.75, 3.05) is 0 Å². The molecule has 0 heterocycles. The Hall–Kier alpha value is 0. The molecular formula is C14H28. The van der Waals surface area contributed by atoms with Gasteiger partial charge in [-0.3, -0.25) is 0 Å². The van der Waals surface area contributed by atoms with E-state index in [2.05, 4.69) is 41.5 Å². The van der Waals surface area contributed by atoms with Crippen LogP contribution in [-0.4, -0.2) is 0 Å². The van der Waals surface area contributed by atoms with Crippen molar-refractivity contribution in [1.82, 2.24) is 0 Å². The van der Waals surface area contributed by atoms with Gasteiger partial charge in [-0.1, -0.05) is 41.5 Å². The summed E-state index contributed by atoms with van der Waals surface area (Å²) in [7, 11) is 0. The summed E-state index contributed by atoms with van der Waals surface area (Å²) in [6.45, 7) is 14.5. The quantitative estimate of drug-likeness (QED) is 0.590. The van der Waals surface area contributed by atoms with E-state index in [0.717, 1.165) is 11.8 Å². The molecule has 0 aromatic carbocycles. The molecular weight excluding hydrogens is 168 g/mol. The van der Waals surface area contributed by atoms with Crippen LogP contribution in [0.15, 0.2) is 0 Å². The Labute approximate surface area is 90.5 Å². The van der Waals surface area contributed by atoms with E-state index in [-0.39, 0.29) is 0 Å². The normalized spacial score (nSPS) is 37.5. The van der Waals surface area contributed by atoms with E-state index < -0.39 is 0 Å². The Morgan fingerprint density at radius 2 is 1.71 bits per heavy atom. The van der Waals surface area contributed by atoms with Crippen LogP contribution >= 0.6 is 0 Å². The molecule has 1 rings (SSSR count). The highest BCUT2D eigenvalue weighted by Crippen LogP contribution is 2.51. The van der Waals surface area contributed by atoms with E-state index in [1.807, 2.05) is 0 Å². The highest BCUT2D eigenvalue weighted by Gasteiger charge is 2.39. The highest BCUT2D eigenvalue weighted by molar-refractivity contribution is 4.90. The van der Waals surface area contributed by atoms with Crippen molar-refractivity contribution < 1.29 is 0 Å². The topological polar surface area (TPSA) is 0 Å². The van der Waals surface area contributed by atoms with Gasteiger partial charge in [0.1, 0.15) is 0 Å². The molecule has 1 aliphatic carbocycles. The monoisotopic (exact) mass is 196 g/mol. The Morgan fingerprint density at radius 3 is 2.14 bits per heavy atom. The van der Waals surface area contributed by atoms with Gasteiger partial charge in [0, 0.05) is 0 Å². The summed E-state index contributed by atoms with van der Waals surface area (Å²) in [4.78, 5) is 0. The summed E-state index contributed by atoms with van der Waals surface area (Å²) in [5, 5.41) is 0.